The first-order chi connectivity index (χ1) is 4.27. The van der Waals surface area contributed by atoms with Gasteiger partial charge in [0, 0.05) is 12.1 Å². The molecule has 52 valence electrons. The minimum atomic E-state index is 0.500. The summed E-state index contributed by atoms with van der Waals surface area (Å²) in [6.45, 7) is 5.36. The minimum absolute atomic E-state index is 0.500. The number of allylic oxidation sites excluding steroid dienone is 1. The van der Waals surface area contributed by atoms with Crippen molar-refractivity contribution in [2.75, 3.05) is 6.54 Å². The third kappa shape index (κ3) is 2.19. The van der Waals surface area contributed by atoms with Gasteiger partial charge in [0.25, 0.3) is 0 Å². The second-order valence-electron chi connectivity index (χ2n) is 3.01. The van der Waals surface area contributed by atoms with Crippen molar-refractivity contribution in [1.82, 2.24) is 5.32 Å². The zero-order valence-corrected chi connectivity index (χ0v) is 6.28. The normalized spacial score (nSPS) is 22.9. The highest BCUT2D eigenvalue weighted by Gasteiger charge is 2.35. The van der Waals surface area contributed by atoms with Gasteiger partial charge in [-0.2, -0.15) is 0 Å². The van der Waals surface area contributed by atoms with Gasteiger partial charge in [0.15, 0.2) is 0 Å². The zero-order chi connectivity index (χ0) is 6.74. The van der Waals surface area contributed by atoms with Crippen LogP contribution in [0.1, 0.15) is 26.7 Å². The second-order valence-corrected chi connectivity index (χ2v) is 3.01. The second kappa shape index (κ2) is 2.53. The first-order valence-corrected chi connectivity index (χ1v) is 3.63. The number of hydrogen-bond donors (Lipinski definition) is 1. The van der Waals surface area contributed by atoms with E-state index in [2.05, 4.69) is 31.3 Å². The fraction of sp³-hybridized carbons (Fsp3) is 0.750. The van der Waals surface area contributed by atoms with Gasteiger partial charge in [-0.15, -0.1) is 0 Å². The van der Waals surface area contributed by atoms with Crippen molar-refractivity contribution in [2.24, 2.45) is 0 Å². The van der Waals surface area contributed by atoms with Crippen LogP contribution in [0, 0.1) is 0 Å². The van der Waals surface area contributed by atoms with Gasteiger partial charge >= 0.3 is 0 Å². The molecule has 0 atom stereocenters. The van der Waals surface area contributed by atoms with Crippen LogP contribution in [0.5, 0.6) is 0 Å². The van der Waals surface area contributed by atoms with Gasteiger partial charge in [-0.25, -0.2) is 0 Å². The van der Waals surface area contributed by atoms with Gasteiger partial charge in [-0.05, 0) is 26.7 Å². The Morgan fingerprint density at radius 2 is 2.22 bits per heavy atom. The Hall–Kier alpha value is -0.300. The molecule has 1 aliphatic carbocycles. The van der Waals surface area contributed by atoms with Crippen molar-refractivity contribution >= 4 is 0 Å². The molecule has 0 heterocycles. The molecule has 0 unspecified atom stereocenters. The number of nitrogens with one attached hydrogen (secondary N) is 1. The van der Waals surface area contributed by atoms with Gasteiger partial charge in [0.05, 0.1) is 0 Å². The average molecular weight is 125 g/mol. The Morgan fingerprint density at radius 3 is 2.67 bits per heavy atom. The molecular formula is C8H15N. The van der Waals surface area contributed by atoms with E-state index >= 15 is 0 Å². The summed E-state index contributed by atoms with van der Waals surface area (Å²) in [7, 11) is 0. The predicted octanol–water partition coefficient (Wildman–Crippen LogP) is 1.70. The Morgan fingerprint density at radius 1 is 1.56 bits per heavy atom. The monoisotopic (exact) mass is 125 g/mol. The fourth-order valence-corrected chi connectivity index (χ4v) is 0.787. The van der Waals surface area contributed by atoms with Crippen LogP contribution in [0.15, 0.2) is 12.2 Å². The van der Waals surface area contributed by atoms with Crippen LogP contribution in [0.2, 0.25) is 0 Å². The summed E-state index contributed by atoms with van der Waals surface area (Å²) in [5.41, 5.74) is 0.500. The van der Waals surface area contributed by atoms with Crippen molar-refractivity contribution in [2.45, 2.75) is 32.2 Å². The predicted molar refractivity (Wildman–Crippen MR) is 40.5 cm³/mol. The van der Waals surface area contributed by atoms with E-state index < -0.39 is 0 Å². The van der Waals surface area contributed by atoms with Crippen LogP contribution in [0.3, 0.4) is 0 Å². The molecule has 0 saturated heterocycles. The lowest BCUT2D eigenvalue weighted by atomic mass is 10.3. The lowest BCUT2D eigenvalue weighted by Crippen LogP contribution is -2.27. The summed E-state index contributed by atoms with van der Waals surface area (Å²) in [5.74, 6) is 0. The highest BCUT2D eigenvalue weighted by molar-refractivity contribution is 4.99. The first kappa shape index (κ1) is 6.81. The van der Waals surface area contributed by atoms with E-state index in [1.54, 1.807) is 0 Å². The fourth-order valence-electron chi connectivity index (χ4n) is 0.787. The third-order valence-electron chi connectivity index (χ3n) is 1.88. The highest BCUT2D eigenvalue weighted by atomic mass is 15.0. The summed E-state index contributed by atoms with van der Waals surface area (Å²) in [6.07, 6.45) is 6.94. The molecule has 0 aliphatic heterocycles. The lowest BCUT2D eigenvalue weighted by Gasteiger charge is -2.06. The Labute approximate surface area is 57.1 Å². The van der Waals surface area contributed by atoms with Crippen LogP contribution < -0.4 is 5.32 Å². The molecule has 1 fully saturated rings. The molecule has 1 nitrogen and oxygen atoms in total. The minimum Gasteiger partial charge on any atom is -0.308 e. The molecule has 1 rings (SSSR count). The average Bonchev–Trinajstić information content (AvgIpc) is 2.50. The molecule has 0 aromatic rings. The molecule has 0 aromatic heterocycles. The van der Waals surface area contributed by atoms with Gasteiger partial charge in [-0.1, -0.05) is 12.2 Å². The van der Waals surface area contributed by atoms with Crippen molar-refractivity contribution in [3.05, 3.63) is 12.2 Å². The van der Waals surface area contributed by atoms with Gasteiger partial charge in [0.2, 0.25) is 0 Å². The molecule has 0 amide bonds. The molecule has 9 heavy (non-hydrogen) atoms. The summed E-state index contributed by atoms with van der Waals surface area (Å²) in [6, 6.07) is 0. The van der Waals surface area contributed by atoms with E-state index in [9.17, 15) is 0 Å². The van der Waals surface area contributed by atoms with Crippen LogP contribution in [-0.4, -0.2) is 12.1 Å². The van der Waals surface area contributed by atoms with E-state index in [0.29, 0.717) is 5.54 Å². The van der Waals surface area contributed by atoms with Gasteiger partial charge in [0.1, 0.15) is 0 Å². The molecule has 0 spiro atoms. The largest absolute Gasteiger partial charge is 0.308 e. The molecular weight excluding hydrogens is 110 g/mol. The van der Waals surface area contributed by atoms with E-state index in [1.807, 2.05) is 0 Å². The van der Waals surface area contributed by atoms with Crippen LogP contribution >= 0.6 is 0 Å². The van der Waals surface area contributed by atoms with Crippen molar-refractivity contribution in [3.63, 3.8) is 0 Å². The molecule has 0 aromatic carbocycles. The lowest BCUT2D eigenvalue weighted by molar-refractivity contribution is 0.576. The summed E-state index contributed by atoms with van der Waals surface area (Å²) >= 11 is 0. The summed E-state index contributed by atoms with van der Waals surface area (Å²) in [4.78, 5) is 0. The summed E-state index contributed by atoms with van der Waals surface area (Å²) in [5, 5.41) is 3.45. The third-order valence-corrected chi connectivity index (χ3v) is 1.88. The number of hydrogen-bond acceptors (Lipinski definition) is 1. The van der Waals surface area contributed by atoms with Crippen LogP contribution in [0.4, 0.5) is 0 Å². The maximum atomic E-state index is 3.45. The van der Waals surface area contributed by atoms with E-state index in [4.69, 9.17) is 0 Å². The van der Waals surface area contributed by atoms with Gasteiger partial charge in [-0.3, -0.25) is 0 Å². The molecule has 0 bridgehead atoms. The van der Waals surface area contributed by atoms with E-state index in [-0.39, 0.29) is 0 Å². The summed E-state index contributed by atoms with van der Waals surface area (Å²) < 4.78 is 0. The van der Waals surface area contributed by atoms with Crippen LogP contribution in [-0.2, 0) is 0 Å². The smallest absolute Gasteiger partial charge is 0.0157 e. The first-order valence-electron chi connectivity index (χ1n) is 3.63. The molecule has 1 aliphatic rings. The zero-order valence-electron chi connectivity index (χ0n) is 6.28. The van der Waals surface area contributed by atoms with E-state index in [0.717, 1.165) is 6.54 Å². The number of rotatable bonds is 3. The topological polar surface area (TPSA) is 12.0 Å². The Kier molecular flexibility index (Phi) is 1.91. The maximum Gasteiger partial charge on any atom is 0.0157 e. The van der Waals surface area contributed by atoms with E-state index in [1.165, 1.54) is 12.8 Å². The SMILES string of the molecule is C/C=C/CNC1(C)CC1. The maximum absolute atomic E-state index is 3.45. The standard InChI is InChI=1S/C8H15N/c1-3-4-7-9-8(2)5-6-8/h3-4,9H,5-7H2,1-2H3/b4-3+. The van der Waals surface area contributed by atoms with Crippen molar-refractivity contribution in [3.8, 4) is 0 Å². The Balaban J connectivity index is 2.05. The molecule has 1 N–H and O–H groups in total. The highest BCUT2D eigenvalue weighted by Crippen LogP contribution is 2.33. The Bertz CT molecular complexity index is 112. The molecule has 0 radical (unpaired) electrons. The van der Waals surface area contributed by atoms with Crippen LogP contribution in [0.25, 0.3) is 0 Å². The van der Waals surface area contributed by atoms with Gasteiger partial charge < -0.3 is 5.32 Å². The van der Waals surface area contributed by atoms with Crippen molar-refractivity contribution < 1.29 is 0 Å². The molecule has 1 heteroatoms. The quantitative estimate of drug-likeness (QED) is 0.566. The molecule has 1 saturated carbocycles. The van der Waals surface area contributed by atoms with Crippen molar-refractivity contribution in [1.29, 1.82) is 0 Å².